The van der Waals surface area contributed by atoms with Crippen molar-refractivity contribution in [3.05, 3.63) is 41.6 Å². The van der Waals surface area contributed by atoms with Gasteiger partial charge < -0.3 is 29.8 Å². The van der Waals surface area contributed by atoms with Crippen molar-refractivity contribution < 1.29 is 27.4 Å². The van der Waals surface area contributed by atoms with E-state index in [0.717, 1.165) is 24.4 Å². The topological polar surface area (TPSA) is 150 Å². The van der Waals surface area contributed by atoms with Crippen LogP contribution in [0.4, 0.5) is 10.6 Å². The number of ether oxygens (including phenoxy) is 3. The van der Waals surface area contributed by atoms with Crippen molar-refractivity contribution in [2.75, 3.05) is 45.5 Å². The predicted octanol–water partition coefficient (Wildman–Crippen LogP) is 5.45. The molecule has 3 aromatic rings. The van der Waals surface area contributed by atoms with Crippen LogP contribution in [0.15, 0.2) is 30.3 Å². The van der Waals surface area contributed by atoms with Crippen LogP contribution in [0.25, 0.3) is 22.4 Å². The second-order valence-electron chi connectivity index (χ2n) is 11.9. The third-order valence-corrected chi connectivity index (χ3v) is 9.20. The molecule has 43 heavy (non-hydrogen) atoms. The zero-order valence-corrected chi connectivity index (χ0v) is 27.3. The van der Waals surface area contributed by atoms with Gasteiger partial charge in [0, 0.05) is 45.4 Å². The van der Waals surface area contributed by atoms with Gasteiger partial charge in [-0.25, -0.2) is 23.2 Å². The minimum Gasteiger partial charge on any atom is -0.444 e. The summed E-state index contributed by atoms with van der Waals surface area (Å²) < 4.78 is 40.6. The maximum Gasteiger partial charge on any atom is 0.410 e. The Morgan fingerprint density at radius 3 is 2.42 bits per heavy atom. The van der Waals surface area contributed by atoms with E-state index < -0.39 is 26.3 Å². The van der Waals surface area contributed by atoms with Crippen molar-refractivity contribution in [3.63, 3.8) is 0 Å². The summed E-state index contributed by atoms with van der Waals surface area (Å²) in [7, 11) is -1.78. The monoisotopic (exact) mass is 617 g/mol. The highest BCUT2D eigenvalue weighted by Crippen LogP contribution is 2.41. The number of anilines is 1. The van der Waals surface area contributed by atoms with Crippen LogP contribution in [-0.4, -0.2) is 79.7 Å². The Morgan fingerprint density at radius 1 is 1.12 bits per heavy atom. The van der Waals surface area contributed by atoms with Gasteiger partial charge in [0.05, 0.1) is 29.0 Å². The van der Waals surface area contributed by atoms with Crippen LogP contribution in [0.1, 0.15) is 71.6 Å². The molecular weight excluding hydrogens is 570 g/mol. The van der Waals surface area contributed by atoms with E-state index in [-0.39, 0.29) is 5.82 Å². The van der Waals surface area contributed by atoms with E-state index in [2.05, 4.69) is 16.9 Å². The van der Waals surface area contributed by atoms with Crippen LogP contribution in [0.5, 0.6) is 0 Å². The number of fused-ring (bicyclic) bond motifs is 1. The summed E-state index contributed by atoms with van der Waals surface area (Å²) >= 11 is 0. The number of carbonyl (C=O) groups is 1. The van der Waals surface area contributed by atoms with Gasteiger partial charge in [-0.2, -0.15) is 0 Å². The zero-order chi connectivity index (χ0) is 31.8. The van der Waals surface area contributed by atoms with Crippen LogP contribution >= 0.6 is 0 Å². The fourth-order valence-electron chi connectivity index (χ4n) is 4.86. The average molecular weight is 618 g/mol. The number of nitrogen functional groups attached to an aromatic ring is 1. The van der Waals surface area contributed by atoms with Crippen molar-refractivity contribution in [2.45, 2.75) is 77.2 Å². The number of nitrogens with two attached hydrogens (primary N) is 1. The first-order valence-corrected chi connectivity index (χ1v) is 16.6. The van der Waals surface area contributed by atoms with E-state index >= 15 is 0 Å². The fraction of sp³-hybridized carbons (Fsp3) is 0.581. The summed E-state index contributed by atoms with van der Waals surface area (Å²) in [4.78, 5) is 26.2. The summed E-state index contributed by atoms with van der Waals surface area (Å²) in [5, 5.41) is 0. The summed E-state index contributed by atoms with van der Waals surface area (Å²) in [5.41, 5.74) is 9.50. The number of H-pyrrole nitrogens is 1. The minimum absolute atomic E-state index is 0.229. The molecule has 4 rings (SSSR count). The van der Waals surface area contributed by atoms with Crippen LogP contribution in [0, 0.1) is 0 Å². The summed E-state index contributed by atoms with van der Waals surface area (Å²) in [6.45, 7) is 12.5. The molecule has 0 saturated carbocycles. The first-order chi connectivity index (χ1) is 20.2. The van der Waals surface area contributed by atoms with Crippen molar-refractivity contribution in [3.8, 4) is 11.4 Å². The number of unbranched alkanes of at least 4 members (excludes halogenated alkanes) is 1. The van der Waals surface area contributed by atoms with Gasteiger partial charge in [0.1, 0.15) is 16.2 Å². The van der Waals surface area contributed by atoms with E-state index in [1.807, 2.05) is 45.9 Å². The summed E-state index contributed by atoms with van der Waals surface area (Å²) in [5.74, 6) is 0.229. The van der Waals surface area contributed by atoms with Crippen molar-refractivity contribution in [1.29, 1.82) is 0 Å². The second kappa shape index (κ2) is 14.5. The Labute approximate surface area is 255 Å². The van der Waals surface area contributed by atoms with Crippen molar-refractivity contribution in [2.24, 2.45) is 0 Å². The molecule has 0 bridgehead atoms. The normalized spacial score (nSPS) is 15.0. The molecule has 0 aromatic carbocycles. The maximum absolute atomic E-state index is 12.9. The third-order valence-electron chi connectivity index (χ3n) is 7.13. The number of hydrogen-bond donors (Lipinski definition) is 2. The number of hydrogen-bond acceptors (Lipinski definition) is 9. The highest BCUT2D eigenvalue weighted by atomic mass is 32.2. The largest absolute Gasteiger partial charge is 0.444 e. The lowest BCUT2D eigenvalue weighted by molar-refractivity contribution is 0.0283. The molecule has 3 N–H and O–H groups in total. The lowest BCUT2D eigenvalue weighted by Crippen LogP contribution is -2.40. The van der Waals surface area contributed by atoms with E-state index in [9.17, 15) is 13.2 Å². The first kappa shape index (κ1) is 34.3. The van der Waals surface area contributed by atoms with Crippen molar-refractivity contribution >= 4 is 32.8 Å². The summed E-state index contributed by atoms with van der Waals surface area (Å²) in [6, 6.07) is 8.95. The number of nitrogens with one attached hydrogen (secondary N) is 1. The van der Waals surface area contributed by atoms with Gasteiger partial charge in [0.25, 0.3) is 0 Å². The average Bonchev–Trinajstić information content (AvgIpc) is 3.33. The molecule has 0 aliphatic carbocycles. The van der Waals surface area contributed by atoms with Gasteiger partial charge in [-0.3, -0.25) is 0 Å². The molecule has 3 aromatic heterocycles. The molecule has 1 fully saturated rings. The molecule has 4 heterocycles. The third kappa shape index (κ3) is 9.14. The molecule has 1 saturated heterocycles. The van der Waals surface area contributed by atoms with Crippen LogP contribution in [0.3, 0.4) is 0 Å². The number of rotatable bonds is 9. The molecule has 1 aliphatic rings. The Hall–Kier alpha value is -3.22. The lowest BCUT2D eigenvalue weighted by atomic mass is 9.90. The minimum atomic E-state index is -3.45. The highest BCUT2D eigenvalue weighted by Gasteiger charge is 2.44. The van der Waals surface area contributed by atoms with E-state index in [0.29, 0.717) is 55.1 Å². The number of aromatic amines is 1. The number of sulfone groups is 1. The SMILES string of the molecule is CCCCOCC.CN(Cc1cc2nc(-c3cc(C4(S(C)(=O)=O)CCOCC4)cc(N)n3)ccc2[nH]1)C(=O)OC(C)(C)C. The molecule has 12 heteroatoms. The van der Waals surface area contributed by atoms with Crippen LogP contribution in [0.2, 0.25) is 0 Å². The smallest absolute Gasteiger partial charge is 0.410 e. The Bertz CT molecular complexity index is 1470. The Kier molecular flexibility index (Phi) is 11.6. The first-order valence-electron chi connectivity index (χ1n) is 14.8. The molecule has 0 unspecified atom stereocenters. The number of nitrogens with zero attached hydrogens (tertiary/aromatic N) is 3. The van der Waals surface area contributed by atoms with Gasteiger partial charge in [-0.05, 0) is 82.9 Å². The van der Waals surface area contributed by atoms with Gasteiger partial charge in [-0.15, -0.1) is 0 Å². The van der Waals surface area contributed by atoms with Gasteiger partial charge in [0.15, 0.2) is 9.84 Å². The molecule has 11 nitrogen and oxygen atoms in total. The number of amides is 1. The Balaban J connectivity index is 0.000000646. The highest BCUT2D eigenvalue weighted by molar-refractivity contribution is 7.91. The molecular formula is C31H47N5O6S. The number of aromatic nitrogens is 3. The lowest BCUT2D eigenvalue weighted by Gasteiger charge is -2.36. The van der Waals surface area contributed by atoms with E-state index in [4.69, 9.17) is 24.9 Å². The molecule has 0 spiro atoms. The number of pyridine rings is 2. The van der Waals surface area contributed by atoms with Gasteiger partial charge in [0.2, 0.25) is 0 Å². The van der Waals surface area contributed by atoms with E-state index in [1.54, 1.807) is 19.2 Å². The predicted molar refractivity (Wildman–Crippen MR) is 169 cm³/mol. The van der Waals surface area contributed by atoms with Crippen molar-refractivity contribution in [1.82, 2.24) is 19.9 Å². The molecule has 0 radical (unpaired) electrons. The molecule has 1 aliphatic heterocycles. The van der Waals surface area contributed by atoms with E-state index in [1.165, 1.54) is 24.0 Å². The quantitative estimate of drug-likeness (QED) is 0.299. The molecule has 238 valence electrons. The van der Waals surface area contributed by atoms with Crippen LogP contribution in [-0.2, 0) is 35.3 Å². The van der Waals surface area contributed by atoms with Gasteiger partial charge in [-0.1, -0.05) is 13.3 Å². The summed E-state index contributed by atoms with van der Waals surface area (Å²) in [6.07, 6.45) is 3.99. The maximum atomic E-state index is 12.9. The van der Waals surface area contributed by atoms with Gasteiger partial charge >= 0.3 is 6.09 Å². The number of carbonyl (C=O) groups excluding carboxylic acids is 1. The Morgan fingerprint density at radius 2 is 1.81 bits per heavy atom. The fourth-order valence-corrected chi connectivity index (χ4v) is 6.32. The molecule has 0 atom stereocenters. The zero-order valence-electron chi connectivity index (χ0n) is 26.5. The van der Waals surface area contributed by atoms with Crippen LogP contribution < -0.4 is 5.73 Å². The standard InChI is InChI=1S/C25H33N5O5S.C6H14O/c1-24(2,3)35-23(31)30(4)15-17-14-21-18(27-17)6-7-19(28-21)20-12-16(13-22(26)29-20)25(36(5,32)33)8-10-34-11-9-25;1-3-5-6-7-4-2/h6-7,12-14,27H,8-11,15H2,1-5H3,(H2,26,29);3-6H2,1-2H3. The molecule has 1 amide bonds. The second-order valence-corrected chi connectivity index (χ2v) is 14.2.